The zero-order valence-corrected chi connectivity index (χ0v) is 13.2. The Kier molecular flexibility index (Phi) is 5.91. The Bertz CT molecular complexity index is 523. The summed E-state index contributed by atoms with van der Waals surface area (Å²) in [4.78, 5) is 12.1. The standard InChI is InChI=1S/C17H22F3NO2/c1-2-12-6-8-13(9-7-12)11-21-16(22)14-4-3-5-15(10-14)23-17(18,19)20/h3-5,10,12-13H,2,6-9,11H2,1H3,(H,21,22). The van der Waals surface area contributed by atoms with E-state index in [1.54, 1.807) is 0 Å². The van der Waals surface area contributed by atoms with Crippen LogP contribution in [-0.4, -0.2) is 18.8 Å². The maximum Gasteiger partial charge on any atom is 0.573 e. The molecule has 1 aliphatic rings. The lowest BCUT2D eigenvalue weighted by Crippen LogP contribution is -2.31. The Balaban J connectivity index is 1.85. The molecule has 3 nitrogen and oxygen atoms in total. The molecular weight excluding hydrogens is 307 g/mol. The largest absolute Gasteiger partial charge is 0.573 e. The van der Waals surface area contributed by atoms with Gasteiger partial charge in [-0.1, -0.05) is 32.3 Å². The molecule has 2 rings (SSSR count). The van der Waals surface area contributed by atoms with E-state index >= 15 is 0 Å². The minimum atomic E-state index is -4.76. The first-order chi connectivity index (χ1) is 10.9. The van der Waals surface area contributed by atoms with Crippen LogP contribution in [0.2, 0.25) is 0 Å². The van der Waals surface area contributed by atoms with Crippen molar-refractivity contribution >= 4 is 5.91 Å². The minimum absolute atomic E-state index is 0.175. The molecule has 128 valence electrons. The number of alkyl halides is 3. The second kappa shape index (κ2) is 7.70. The van der Waals surface area contributed by atoms with Crippen LogP contribution in [0.25, 0.3) is 0 Å². The van der Waals surface area contributed by atoms with Gasteiger partial charge < -0.3 is 10.1 Å². The third kappa shape index (κ3) is 5.77. The molecule has 0 atom stereocenters. The fourth-order valence-electron chi connectivity index (χ4n) is 3.02. The minimum Gasteiger partial charge on any atom is -0.406 e. The molecule has 0 radical (unpaired) electrons. The van der Waals surface area contributed by atoms with Crippen molar-refractivity contribution < 1.29 is 22.7 Å². The Morgan fingerprint density at radius 3 is 2.48 bits per heavy atom. The summed E-state index contributed by atoms with van der Waals surface area (Å²) < 4.78 is 40.4. The summed E-state index contributed by atoms with van der Waals surface area (Å²) in [7, 11) is 0. The molecule has 1 aromatic carbocycles. The fraction of sp³-hybridized carbons (Fsp3) is 0.588. The van der Waals surface area contributed by atoms with Crippen LogP contribution in [0, 0.1) is 11.8 Å². The van der Waals surface area contributed by atoms with Crippen molar-refractivity contribution in [2.75, 3.05) is 6.54 Å². The van der Waals surface area contributed by atoms with E-state index in [0.717, 1.165) is 24.8 Å². The van der Waals surface area contributed by atoms with Gasteiger partial charge >= 0.3 is 6.36 Å². The van der Waals surface area contributed by atoms with Gasteiger partial charge in [-0.25, -0.2) is 0 Å². The number of benzene rings is 1. The zero-order valence-electron chi connectivity index (χ0n) is 13.2. The van der Waals surface area contributed by atoms with E-state index in [1.165, 1.54) is 37.5 Å². The highest BCUT2D eigenvalue weighted by molar-refractivity contribution is 5.94. The second-order valence-corrected chi connectivity index (χ2v) is 6.08. The molecular formula is C17H22F3NO2. The molecule has 0 saturated heterocycles. The van der Waals surface area contributed by atoms with Crippen molar-refractivity contribution in [2.45, 2.75) is 45.4 Å². The van der Waals surface area contributed by atoms with E-state index in [9.17, 15) is 18.0 Å². The monoisotopic (exact) mass is 329 g/mol. The second-order valence-electron chi connectivity index (χ2n) is 6.08. The molecule has 1 aliphatic carbocycles. The average Bonchev–Trinajstić information content (AvgIpc) is 2.51. The maximum atomic E-state index is 12.2. The summed E-state index contributed by atoms with van der Waals surface area (Å²) in [5.41, 5.74) is 0.175. The number of ether oxygens (including phenoxy) is 1. The number of carbonyl (C=O) groups excluding carboxylic acids is 1. The van der Waals surface area contributed by atoms with E-state index in [-0.39, 0.29) is 17.2 Å². The maximum absolute atomic E-state index is 12.2. The van der Waals surface area contributed by atoms with Crippen molar-refractivity contribution in [3.05, 3.63) is 29.8 Å². The van der Waals surface area contributed by atoms with Gasteiger partial charge in [0.1, 0.15) is 5.75 Å². The first-order valence-corrected chi connectivity index (χ1v) is 8.01. The Morgan fingerprint density at radius 1 is 1.22 bits per heavy atom. The summed E-state index contributed by atoms with van der Waals surface area (Å²) >= 11 is 0. The number of halogens is 3. The van der Waals surface area contributed by atoms with Crippen LogP contribution in [0.4, 0.5) is 13.2 Å². The van der Waals surface area contributed by atoms with Gasteiger partial charge in [-0.3, -0.25) is 4.79 Å². The van der Waals surface area contributed by atoms with Gasteiger partial charge in [0.05, 0.1) is 0 Å². The zero-order chi connectivity index (χ0) is 16.9. The Hall–Kier alpha value is -1.72. The Morgan fingerprint density at radius 2 is 1.87 bits per heavy atom. The highest BCUT2D eigenvalue weighted by Gasteiger charge is 2.31. The van der Waals surface area contributed by atoms with E-state index in [4.69, 9.17) is 0 Å². The van der Waals surface area contributed by atoms with Crippen LogP contribution in [-0.2, 0) is 0 Å². The highest BCUT2D eigenvalue weighted by atomic mass is 19.4. The van der Waals surface area contributed by atoms with Crippen molar-refractivity contribution in [3.63, 3.8) is 0 Å². The van der Waals surface area contributed by atoms with E-state index in [1.807, 2.05) is 0 Å². The first-order valence-electron chi connectivity index (χ1n) is 8.01. The molecule has 0 aliphatic heterocycles. The average molecular weight is 329 g/mol. The predicted octanol–water partition coefficient (Wildman–Crippen LogP) is 4.53. The van der Waals surface area contributed by atoms with Crippen LogP contribution in [0.15, 0.2) is 24.3 Å². The highest BCUT2D eigenvalue weighted by Crippen LogP contribution is 2.30. The molecule has 0 bridgehead atoms. The van der Waals surface area contributed by atoms with E-state index in [0.29, 0.717) is 12.5 Å². The quantitative estimate of drug-likeness (QED) is 0.862. The van der Waals surface area contributed by atoms with Gasteiger partial charge in [-0.05, 0) is 42.9 Å². The summed E-state index contributed by atoms with van der Waals surface area (Å²) in [5, 5.41) is 2.82. The van der Waals surface area contributed by atoms with Crippen molar-refractivity contribution in [1.29, 1.82) is 0 Å². The molecule has 0 aromatic heterocycles. The first kappa shape index (κ1) is 17.6. The molecule has 0 spiro atoms. The summed E-state index contributed by atoms with van der Waals surface area (Å²) in [6.07, 6.45) is 1.00. The van der Waals surface area contributed by atoms with Gasteiger partial charge in [-0.15, -0.1) is 13.2 Å². The van der Waals surface area contributed by atoms with Crippen molar-refractivity contribution in [1.82, 2.24) is 5.32 Å². The SMILES string of the molecule is CCC1CCC(CNC(=O)c2cccc(OC(F)(F)F)c2)CC1. The lowest BCUT2D eigenvalue weighted by atomic mass is 9.81. The lowest BCUT2D eigenvalue weighted by molar-refractivity contribution is -0.274. The van der Waals surface area contributed by atoms with Gasteiger partial charge in [-0.2, -0.15) is 0 Å². The van der Waals surface area contributed by atoms with Crippen LogP contribution >= 0.6 is 0 Å². The van der Waals surface area contributed by atoms with Crippen molar-refractivity contribution in [3.8, 4) is 5.75 Å². The molecule has 0 heterocycles. The predicted molar refractivity (Wildman–Crippen MR) is 81.2 cm³/mol. The lowest BCUT2D eigenvalue weighted by Gasteiger charge is -2.27. The third-order valence-electron chi connectivity index (χ3n) is 4.42. The van der Waals surface area contributed by atoms with Crippen molar-refractivity contribution in [2.24, 2.45) is 11.8 Å². The smallest absolute Gasteiger partial charge is 0.406 e. The molecule has 6 heteroatoms. The van der Waals surface area contributed by atoms with Crippen LogP contribution < -0.4 is 10.1 Å². The van der Waals surface area contributed by atoms with E-state index in [2.05, 4.69) is 17.0 Å². The number of carbonyl (C=O) groups is 1. The van der Waals surface area contributed by atoms with E-state index < -0.39 is 6.36 Å². The normalized spacial score (nSPS) is 21.7. The van der Waals surface area contributed by atoms with Gasteiger partial charge in [0.2, 0.25) is 0 Å². The van der Waals surface area contributed by atoms with Gasteiger partial charge in [0, 0.05) is 12.1 Å². The molecule has 0 unspecified atom stereocenters. The molecule has 1 amide bonds. The number of hydrogen-bond acceptors (Lipinski definition) is 2. The topological polar surface area (TPSA) is 38.3 Å². The van der Waals surface area contributed by atoms with Gasteiger partial charge in [0.25, 0.3) is 5.91 Å². The molecule has 1 saturated carbocycles. The van der Waals surface area contributed by atoms with Crippen LogP contribution in [0.3, 0.4) is 0 Å². The summed E-state index contributed by atoms with van der Waals surface area (Å²) in [6.45, 7) is 2.77. The molecule has 1 aromatic rings. The third-order valence-corrected chi connectivity index (χ3v) is 4.42. The van der Waals surface area contributed by atoms with Gasteiger partial charge in [0.15, 0.2) is 0 Å². The fourth-order valence-corrected chi connectivity index (χ4v) is 3.02. The Labute approximate surface area is 134 Å². The number of hydrogen-bond donors (Lipinski definition) is 1. The number of rotatable bonds is 5. The number of nitrogens with one attached hydrogen (secondary N) is 1. The molecule has 23 heavy (non-hydrogen) atoms. The number of amides is 1. The molecule has 1 N–H and O–H groups in total. The molecule has 1 fully saturated rings. The summed E-state index contributed by atoms with van der Waals surface area (Å²) in [6, 6.07) is 5.14. The summed E-state index contributed by atoms with van der Waals surface area (Å²) in [5.74, 6) is 0.498. The van der Waals surface area contributed by atoms with Crippen LogP contribution in [0.5, 0.6) is 5.75 Å². The van der Waals surface area contributed by atoms with Crippen LogP contribution in [0.1, 0.15) is 49.4 Å².